The van der Waals surface area contributed by atoms with Crippen LogP contribution >= 0.6 is 0 Å². The van der Waals surface area contributed by atoms with Crippen LogP contribution in [0.15, 0.2) is 54.6 Å². The highest BCUT2D eigenvalue weighted by atomic mass is 16.5. The molecule has 5 atom stereocenters. The molecule has 4 N–H and O–H groups in total. The van der Waals surface area contributed by atoms with Gasteiger partial charge in [-0.3, -0.25) is 9.59 Å². The number of amides is 2. The molecule has 0 bridgehead atoms. The minimum absolute atomic E-state index is 0.0766. The molecule has 192 valence electrons. The molecule has 0 aliphatic rings. The zero-order chi connectivity index (χ0) is 25.8. The van der Waals surface area contributed by atoms with Gasteiger partial charge in [-0.2, -0.15) is 0 Å². The molecule has 0 spiro atoms. The molecule has 2 rings (SSSR count). The van der Waals surface area contributed by atoms with E-state index in [0.717, 1.165) is 36.1 Å². The van der Waals surface area contributed by atoms with E-state index in [9.17, 15) is 9.59 Å². The molecule has 2 aromatic carbocycles. The standard InChI is InChI=1S/C29H43N3O3/c1-6-11-20(3)19-35-25-16-14-24(15-17-25)26(18-31-29(34)27(30)21(4)7-2)32-28(33)22(5)23-12-9-8-10-13-23/h8-10,12-17,20-22,26-27H,6-7,11,18-19,30H2,1-5H3,(H,31,34)(H,32,33)/t20?,21-,22+,26+,27+/m1/s1. The maximum atomic E-state index is 13.1. The quantitative estimate of drug-likeness (QED) is 0.356. The van der Waals surface area contributed by atoms with Crippen LogP contribution in [0.2, 0.25) is 0 Å². The summed E-state index contributed by atoms with van der Waals surface area (Å²) in [5.74, 6) is 0.737. The van der Waals surface area contributed by atoms with Gasteiger partial charge in [-0.25, -0.2) is 0 Å². The summed E-state index contributed by atoms with van der Waals surface area (Å²) in [5, 5.41) is 6.06. The Labute approximate surface area is 211 Å². The lowest BCUT2D eigenvalue weighted by Gasteiger charge is -2.24. The van der Waals surface area contributed by atoms with Crippen molar-refractivity contribution in [3.05, 3.63) is 65.7 Å². The number of rotatable bonds is 14. The molecule has 2 aromatic rings. The Morgan fingerprint density at radius 1 is 0.914 bits per heavy atom. The third kappa shape index (κ3) is 9.02. The summed E-state index contributed by atoms with van der Waals surface area (Å²) in [6.45, 7) is 11.1. The monoisotopic (exact) mass is 481 g/mol. The van der Waals surface area contributed by atoms with E-state index < -0.39 is 12.1 Å². The number of hydrogen-bond acceptors (Lipinski definition) is 4. The summed E-state index contributed by atoms with van der Waals surface area (Å²) in [6, 6.07) is 16.4. The maximum absolute atomic E-state index is 13.1. The SMILES string of the molecule is CCCC(C)COc1ccc([C@H](CNC(=O)[C@@H](N)[C@H](C)CC)NC(=O)[C@@H](C)c2ccccc2)cc1. The molecule has 0 saturated carbocycles. The number of ether oxygens (including phenoxy) is 1. The molecule has 0 radical (unpaired) electrons. The fourth-order valence-corrected chi connectivity index (χ4v) is 3.89. The first kappa shape index (κ1) is 28.4. The maximum Gasteiger partial charge on any atom is 0.237 e. The van der Waals surface area contributed by atoms with Crippen molar-refractivity contribution in [2.24, 2.45) is 17.6 Å². The molecule has 2 amide bonds. The molecule has 6 nitrogen and oxygen atoms in total. The number of carbonyl (C=O) groups excluding carboxylic acids is 2. The first-order valence-corrected chi connectivity index (χ1v) is 12.9. The highest BCUT2D eigenvalue weighted by Gasteiger charge is 2.24. The largest absolute Gasteiger partial charge is 0.493 e. The zero-order valence-electron chi connectivity index (χ0n) is 21.9. The highest BCUT2D eigenvalue weighted by Crippen LogP contribution is 2.21. The predicted molar refractivity (Wildman–Crippen MR) is 142 cm³/mol. The third-order valence-electron chi connectivity index (χ3n) is 6.65. The van der Waals surface area contributed by atoms with Gasteiger partial charge in [0.2, 0.25) is 11.8 Å². The van der Waals surface area contributed by atoms with Crippen LogP contribution in [-0.2, 0) is 9.59 Å². The first-order valence-electron chi connectivity index (χ1n) is 12.9. The van der Waals surface area contributed by atoms with Crippen LogP contribution in [0.5, 0.6) is 5.75 Å². The van der Waals surface area contributed by atoms with E-state index >= 15 is 0 Å². The van der Waals surface area contributed by atoms with E-state index in [1.165, 1.54) is 0 Å². The summed E-state index contributed by atoms with van der Waals surface area (Å²) < 4.78 is 5.93. The Hall–Kier alpha value is -2.86. The van der Waals surface area contributed by atoms with Gasteiger partial charge in [0.05, 0.1) is 24.6 Å². The van der Waals surface area contributed by atoms with Crippen LogP contribution in [-0.4, -0.2) is 31.0 Å². The molecule has 0 heterocycles. The van der Waals surface area contributed by atoms with Gasteiger partial charge in [-0.05, 0) is 48.4 Å². The van der Waals surface area contributed by atoms with Crippen molar-refractivity contribution in [2.45, 2.75) is 71.9 Å². The second-order valence-electron chi connectivity index (χ2n) is 9.62. The van der Waals surface area contributed by atoms with Gasteiger partial charge in [0.15, 0.2) is 0 Å². The predicted octanol–water partition coefficient (Wildman–Crippen LogP) is 4.95. The van der Waals surface area contributed by atoms with Gasteiger partial charge in [-0.15, -0.1) is 0 Å². The smallest absolute Gasteiger partial charge is 0.237 e. The number of hydrogen-bond donors (Lipinski definition) is 3. The van der Waals surface area contributed by atoms with Gasteiger partial charge in [0.1, 0.15) is 5.75 Å². The van der Waals surface area contributed by atoms with Gasteiger partial charge in [-0.1, -0.05) is 83.0 Å². The molecule has 0 aliphatic heterocycles. The Kier molecular flexibility index (Phi) is 11.8. The Morgan fingerprint density at radius 2 is 1.57 bits per heavy atom. The summed E-state index contributed by atoms with van der Waals surface area (Å²) >= 11 is 0. The fraction of sp³-hybridized carbons (Fsp3) is 0.517. The van der Waals surface area contributed by atoms with Crippen molar-refractivity contribution in [1.82, 2.24) is 10.6 Å². The topological polar surface area (TPSA) is 93.4 Å². The van der Waals surface area contributed by atoms with Crippen LogP contribution in [0.3, 0.4) is 0 Å². The zero-order valence-corrected chi connectivity index (χ0v) is 21.9. The van der Waals surface area contributed by atoms with E-state index in [0.29, 0.717) is 12.5 Å². The molecule has 0 aromatic heterocycles. The fourth-order valence-electron chi connectivity index (χ4n) is 3.89. The molecule has 35 heavy (non-hydrogen) atoms. The molecular formula is C29H43N3O3. The normalized spacial score (nSPS) is 15.4. The lowest BCUT2D eigenvalue weighted by molar-refractivity contribution is -0.125. The van der Waals surface area contributed by atoms with Crippen LogP contribution in [0, 0.1) is 11.8 Å². The Bertz CT molecular complexity index is 901. The summed E-state index contributed by atoms with van der Waals surface area (Å²) in [4.78, 5) is 25.7. The van der Waals surface area contributed by atoms with E-state index in [2.05, 4.69) is 24.5 Å². The molecule has 0 saturated heterocycles. The Morgan fingerprint density at radius 3 is 2.17 bits per heavy atom. The minimum Gasteiger partial charge on any atom is -0.493 e. The van der Waals surface area contributed by atoms with Crippen LogP contribution in [0.4, 0.5) is 0 Å². The molecular weight excluding hydrogens is 438 g/mol. The number of nitrogens with two attached hydrogens (primary N) is 1. The van der Waals surface area contributed by atoms with Gasteiger partial charge >= 0.3 is 0 Å². The van der Waals surface area contributed by atoms with Crippen molar-refractivity contribution >= 4 is 11.8 Å². The average Bonchev–Trinajstić information content (AvgIpc) is 2.89. The minimum atomic E-state index is -0.583. The summed E-state index contributed by atoms with van der Waals surface area (Å²) in [5.41, 5.74) is 7.94. The molecule has 0 aliphatic carbocycles. The first-order chi connectivity index (χ1) is 16.8. The lowest BCUT2D eigenvalue weighted by atomic mass is 9.98. The van der Waals surface area contributed by atoms with Crippen molar-refractivity contribution in [3.8, 4) is 5.75 Å². The average molecular weight is 482 g/mol. The van der Waals surface area contributed by atoms with Crippen molar-refractivity contribution in [3.63, 3.8) is 0 Å². The molecule has 1 unspecified atom stereocenters. The van der Waals surface area contributed by atoms with E-state index in [1.54, 1.807) is 0 Å². The van der Waals surface area contributed by atoms with Crippen LogP contribution in [0.25, 0.3) is 0 Å². The highest BCUT2D eigenvalue weighted by molar-refractivity contribution is 5.84. The Balaban J connectivity index is 2.13. The van der Waals surface area contributed by atoms with E-state index in [-0.39, 0.29) is 30.2 Å². The number of benzene rings is 2. The van der Waals surface area contributed by atoms with Crippen molar-refractivity contribution in [2.75, 3.05) is 13.2 Å². The third-order valence-corrected chi connectivity index (χ3v) is 6.65. The van der Waals surface area contributed by atoms with E-state index in [4.69, 9.17) is 10.5 Å². The second-order valence-corrected chi connectivity index (χ2v) is 9.62. The number of nitrogens with one attached hydrogen (secondary N) is 2. The lowest BCUT2D eigenvalue weighted by Crippen LogP contribution is -2.47. The van der Waals surface area contributed by atoms with Crippen LogP contribution < -0.4 is 21.1 Å². The van der Waals surface area contributed by atoms with Crippen molar-refractivity contribution in [1.29, 1.82) is 0 Å². The van der Waals surface area contributed by atoms with Crippen LogP contribution in [0.1, 0.15) is 77.0 Å². The van der Waals surface area contributed by atoms with Gasteiger partial charge in [0, 0.05) is 6.54 Å². The summed E-state index contributed by atoms with van der Waals surface area (Å²) in [6.07, 6.45) is 3.09. The van der Waals surface area contributed by atoms with Gasteiger partial charge < -0.3 is 21.1 Å². The van der Waals surface area contributed by atoms with Crippen molar-refractivity contribution < 1.29 is 14.3 Å². The molecule has 0 fully saturated rings. The second kappa shape index (κ2) is 14.5. The van der Waals surface area contributed by atoms with E-state index in [1.807, 2.05) is 75.4 Å². The summed E-state index contributed by atoms with van der Waals surface area (Å²) in [7, 11) is 0. The molecule has 6 heteroatoms. The number of carbonyl (C=O) groups is 2. The van der Waals surface area contributed by atoms with Gasteiger partial charge in [0.25, 0.3) is 0 Å².